The first kappa shape index (κ1) is 10.0. The summed E-state index contributed by atoms with van der Waals surface area (Å²) in [5, 5.41) is 3.44. The van der Waals surface area contributed by atoms with Gasteiger partial charge in [-0.2, -0.15) is 0 Å². The summed E-state index contributed by atoms with van der Waals surface area (Å²) >= 11 is 0. The summed E-state index contributed by atoms with van der Waals surface area (Å²) in [5.74, 6) is 0. The van der Waals surface area contributed by atoms with Gasteiger partial charge in [0.2, 0.25) is 0 Å². The van der Waals surface area contributed by atoms with E-state index in [1.54, 1.807) is 0 Å². The average Bonchev–Trinajstić information content (AvgIpc) is 2.24. The highest BCUT2D eigenvalue weighted by Gasteiger charge is 2.41. The van der Waals surface area contributed by atoms with Crippen LogP contribution in [0, 0.1) is 5.41 Å². The fourth-order valence-corrected chi connectivity index (χ4v) is 2.50. The molecule has 1 aliphatic rings. The fraction of sp³-hybridized carbons (Fsp3) is 1.00. The van der Waals surface area contributed by atoms with Crippen molar-refractivity contribution in [3.63, 3.8) is 0 Å². The molecule has 0 spiro atoms. The molecule has 0 aromatic carbocycles. The van der Waals surface area contributed by atoms with Gasteiger partial charge >= 0.3 is 0 Å². The molecule has 0 radical (unpaired) electrons. The lowest BCUT2D eigenvalue weighted by molar-refractivity contribution is 0.204. The van der Waals surface area contributed by atoms with Gasteiger partial charge in [0.05, 0.1) is 0 Å². The van der Waals surface area contributed by atoms with Crippen LogP contribution in [0.25, 0.3) is 0 Å². The highest BCUT2D eigenvalue weighted by molar-refractivity contribution is 4.99. The van der Waals surface area contributed by atoms with Gasteiger partial charge in [-0.25, -0.2) is 0 Å². The smallest absolute Gasteiger partial charge is 0.0271 e. The van der Waals surface area contributed by atoms with Crippen LogP contribution in [0.15, 0.2) is 0 Å². The van der Waals surface area contributed by atoms with Crippen LogP contribution in [0.1, 0.15) is 26.7 Å². The molecule has 2 unspecified atom stereocenters. The van der Waals surface area contributed by atoms with E-state index in [1.807, 2.05) is 0 Å². The number of hydrogen-bond donors (Lipinski definition) is 1. The zero-order valence-electron chi connectivity index (χ0n) is 9.02. The van der Waals surface area contributed by atoms with Crippen molar-refractivity contribution < 1.29 is 0 Å². The molecular formula is C10H22N2. The van der Waals surface area contributed by atoms with Gasteiger partial charge in [0.25, 0.3) is 0 Å². The van der Waals surface area contributed by atoms with E-state index in [1.165, 1.54) is 12.8 Å². The molecule has 0 saturated heterocycles. The van der Waals surface area contributed by atoms with Crippen LogP contribution < -0.4 is 5.32 Å². The van der Waals surface area contributed by atoms with Crippen LogP contribution >= 0.6 is 0 Å². The van der Waals surface area contributed by atoms with E-state index >= 15 is 0 Å². The second-order valence-electron chi connectivity index (χ2n) is 4.82. The lowest BCUT2D eigenvalue weighted by Crippen LogP contribution is -2.48. The molecule has 2 atom stereocenters. The monoisotopic (exact) mass is 170 g/mol. The zero-order valence-corrected chi connectivity index (χ0v) is 9.02. The number of likely N-dealkylation sites (N-methyl/N-ethyl adjacent to an activating group) is 2. The number of hydrogen-bond acceptors (Lipinski definition) is 2. The molecule has 0 heterocycles. The molecule has 1 saturated carbocycles. The summed E-state index contributed by atoms with van der Waals surface area (Å²) in [6.07, 6.45) is 2.66. The molecule has 1 N–H and O–H groups in total. The predicted molar refractivity (Wildman–Crippen MR) is 53.3 cm³/mol. The molecule has 72 valence electrons. The maximum Gasteiger partial charge on any atom is 0.0271 e. The zero-order chi connectivity index (χ0) is 9.35. The Hall–Kier alpha value is -0.0800. The Bertz CT molecular complexity index is 152. The third-order valence-electron chi connectivity index (χ3n) is 3.29. The third kappa shape index (κ3) is 1.64. The van der Waals surface area contributed by atoms with Crippen molar-refractivity contribution in [3.05, 3.63) is 0 Å². The molecule has 0 aromatic heterocycles. The van der Waals surface area contributed by atoms with Gasteiger partial charge < -0.3 is 10.2 Å². The van der Waals surface area contributed by atoms with Crippen molar-refractivity contribution in [2.75, 3.05) is 21.1 Å². The van der Waals surface area contributed by atoms with Crippen LogP contribution in [0.5, 0.6) is 0 Å². The lowest BCUT2D eigenvalue weighted by atomic mass is 9.86. The summed E-state index contributed by atoms with van der Waals surface area (Å²) in [6.45, 7) is 4.72. The minimum Gasteiger partial charge on any atom is -0.315 e. The second kappa shape index (κ2) is 3.35. The van der Waals surface area contributed by atoms with E-state index in [0.717, 1.165) is 0 Å². The van der Waals surface area contributed by atoms with Crippen molar-refractivity contribution in [2.45, 2.75) is 38.8 Å². The normalized spacial score (nSPS) is 34.5. The van der Waals surface area contributed by atoms with Crippen LogP contribution in [0.2, 0.25) is 0 Å². The summed E-state index contributed by atoms with van der Waals surface area (Å²) in [5.41, 5.74) is 0.462. The van der Waals surface area contributed by atoms with Gasteiger partial charge in [0.1, 0.15) is 0 Å². The Kier molecular flexibility index (Phi) is 2.79. The highest BCUT2D eigenvalue weighted by Crippen LogP contribution is 2.38. The first-order valence-corrected chi connectivity index (χ1v) is 4.83. The van der Waals surface area contributed by atoms with Crippen LogP contribution in [-0.2, 0) is 0 Å². The first-order valence-electron chi connectivity index (χ1n) is 4.83. The van der Waals surface area contributed by atoms with Gasteiger partial charge in [-0.15, -0.1) is 0 Å². The van der Waals surface area contributed by atoms with E-state index in [9.17, 15) is 0 Å². The molecule has 1 fully saturated rings. The molecule has 2 heteroatoms. The quantitative estimate of drug-likeness (QED) is 0.672. The Balaban J connectivity index is 2.69. The van der Waals surface area contributed by atoms with Crippen molar-refractivity contribution in [1.82, 2.24) is 10.2 Å². The van der Waals surface area contributed by atoms with Crippen molar-refractivity contribution in [2.24, 2.45) is 5.41 Å². The fourth-order valence-electron chi connectivity index (χ4n) is 2.50. The van der Waals surface area contributed by atoms with Gasteiger partial charge in [-0.3, -0.25) is 0 Å². The van der Waals surface area contributed by atoms with Gasteiger partial charge in [-0.05, 0) is 39.4 Å². The minimum absolute atomic E-state index is 0.462. The maximum absolute atomic E-state index is 3.44. The predicted octanol–water partition coefficient (Wildman–Crippen LogP) is 1.32. The Morgan fingerprint density at radius 2 is 1.92 bits per heavy atom. The SMILES string of the molecule is CNC1C(N(C)C)CCC1(C)C. The van der Waals surface area contributed by atoms with Crippen LogP contribution in [0.3, 0.4) is 0 Å². The summed E-state index contributed by atoms with van der Waals surface area (Å²) < 4.78 is 0. The van der Waals surface area contributed by atoms with Gasteiger partial charge in [0, 0.05) is 12.1 Å². The minimum atomic E-state index is 0.462. The van der Waals surface area contributed by atoms with E-state index in [4.69, 9.17) is 0 Å². The summed E-state index contributed by atoms with van der Waals surface area (Å²) in [7, 11) is 6.43. The first-order chi connectivity index (χ1) is 5.49. The molecule has 2 nitrogen and oxygen atoms in total. The maximum atomic E-state index is 3.44. The summed E-state index contributed by atoms with van der Waals surface area (Å²) in [6, 6.07) is 1.36. The Labute approximate surface area is 76.3 Å². The second-order valence-corrected chi connectivity index (χ2v) is 4.82. The topological polar surface area (TPSA) is 15.3 Å². The molecule has 1 aliphatic carbocycles. The van der Waals surface area contributed by atoms with Crippen molar-refractivity contribution in [1.29, 1.82) is 0 Å². The van der Waals surface area contributed by atoms with E-state index in [-0.39, 0.29) is 0 Å². The average molecular weight is 170 g/mol. The number of rotatable bonds is 2. The molecule has 1 rings (SSSR count). The number of nitrogens with one attached hydrogen (secondary N) is 1. The highest BCUT2D eigenvalue weighted by atomic mass is 15.1. The number of nitrogens with zero attached hydrogens (tertiary/aromatic N) is 1. The summed E-state index contributed by atoms with van der Waals surface area (Å²) in [4.78, 5) is 2.34. The van der Waals surface area contributed by atoms with Gasteiger partial charge in [0.15, 0.2) is 0 Å². The standard InChI is InChI=1S/C10H22N2/c1-10(2)7-6-8(12(4)5)9(10)11-3/h8-9,11H,6-7H2,1-5H3. The molecule has 0 amide bonds. The Morgan fingerprint density at radius 1 is 1.33 bits per heavy atom. The Morgan fingerprint density at radius 3 is 2.25 bits per heavy atom. The van der Waals surface area contributed by atoms with Crippen LogP contribution in [0.4, 0.5) is 0 Å². The lowest BCUT2D eigenvalue weighted by Gasteiger charge is -2.33. The van der Waals surface area contributed by atoms with Crippen molar-refractivity contribution >= 4 is 0 Å². The molecule has 0 bridgehead atoms. The van der Waals surface area contributed by atoms with Crippen molar-refractivity contribution in [3.8, 4) is 0 Å². The van der Waals surface area contributed by atoms with Gasteiger partial charge in [-0.1, -0.05) is 13.8 Å². The molecule has 0 aliphatic heterocycles. The molecular weight excluding hydrogens is 148 g/mol. The third-order valence-corrected chi connectivity index (χ3v) is 3.29. The largest absolute Gasteiger partial charge is 0.315 e. The van der Waals surface area contributed by atoms with E-state index in [2.05, 4.69) is 45.2 Å². The molecule has 12 heavy (non-hydrogen) atoms. The van der Waals surface area contributed by atoms with E-state index < -0.39 is 0 Å². The van der Waals surface area contributed by atoms with Crippen LogP contribution in [-0.4, -0.2) is 38.1 Å². The molecule has 0 aromatic rings. The van der Waals surface area contributed by atoms with E-state index in [0.29, 0.717) is 17.5 Å².